The van der Waals surface area contributed by atoms with Crippen molar-refractivity contribution in [2.24, 2.45) is 0 Å². The molecule has 34 heavy (non-hydrogen) atoms. The Hall–Kier alpha value is -4.44. The summed E-state index contributed by atoms with van der Waals surface area (Å²) in [5, 5.41) is 8.06. The van der Waals surface area contributed by atoms with Gasteiger partial charge >= 0.3 is 0 Å². The van der Waals surface area contributed by atoms with E-state index in [1.165, 1.54) is 12.1 Å². The van der Waals surface area contributed by atoms with Crippen molar-refractivity contribution in [1.29, 1.82) is 0 Å². The van der Waals surface area contributed by atoms with Gasteiger partial charge in [0.15, 0.2) is 0 Å². The Balaban J connectivity index is 1.85. The maximum atomic E-state index is 15.4. The van der Waals surface area contributed by atoms with Gasteiger partial charge < -0.3 is 8.80 Å². The topological polar surface area (TPSA) is 8.82 Å². The van der Waals surface area contributed by atoms with E-state index in [1.807, 2.05) is 48.5 Å². The predicted molar refractivity (Wildman–Crippen MR) is 136 cm³/mol. The number of halogens is 2. The minimum Gasteiger partial charge on any atom is -0.305 e. The van der Waals surface area contributed by atoms with Gasteiger partial charge in [-0.25, -0.2) is 8.78 Å². The van der Waals surface area contributed by atoms with Crippen molar-refractivity contribution in [2.45, 2.75) is 0 Å². The second-order valence-corrected chi connectivity index (χ2v) is 9.17. The van der Waals surface area contributed by atoms with Crippen LogP contribution < -0.4 is 0 Å². The molecular formula is C30H14F2N2. The molecule has 0 saturated carbocycles. The number of benzene rings is 5. The molecule has 4 heterocycles. The highest BCUT2D eigenvalue weighted by Gasteiger charge is 2.29. The molecule has 0 fully saturated rings. The summed E-state index contributed by atoms with van der Waals surface area (Å²) in [5.41, 5.74) is 5.13. The van der Waals surface area contributed by atoms with Crippen LogP contribution in [0.25, 0.3) is 76.2 Å². The summed E-state index contributed by atoms with van der Waals surface area (Å²) in [4.78, 5) is 0. The molecule has 0 bridgehead atoms. The van der Waals surface area contributed by atoms with Crippen LogP contribution in [0.3, 0.4) is 0 Å². The highest BCUT2D eigenvalue weighted by Crippen LogP contribution is 2.51. The molecule has 2 nitrogen and oxygen atoms in total. The number of rotatable bonds is 0. The summed E-state index contributed by atoms with van der Waals surface area (Å²) in [7, 11) is 0. The Kier molecular flexibility index (Phi) is 2.70. The van der Waals surface area contributed by atoms with Crippen molar-refractivity contribution in [2.75, 3.05) is 0 Å². The maximum Gasteiger partial charge on any atom is 0.147 e. The fourth-order valence-electron chi connectivity index (χ4n) is 6.57. The first-order valence-corrected chi connectivity index (χ1v) is 11.4. The van der Waals surface area contributed by atoms with E-state index in [2.05, 4.69) is 20.9 Å². The summed E-state index contributed by atoms with van der Waals surface area (Å²) in [5.74, 6) is -0.475. The van der Waals surface area contributed by atoms with Gasteiger partial charge in [0.1, 0.15) is 11.6 Å². The molecule has 9 aromatic rings. The van der Waals surface area contributed by atoms with Gasteiger partial charge in [0, 0.05) is 43.1 Å². The van der Waals surface area contributed by atoms with E-state index in [0.717, 1.165) is 65.2 Å². The van der Waals surface area contributed by atoms with Crippen molar-refractivity contribution in [1.82, 2.24) is 8.80 Å². The third-order valence-electron chi connectivity index (χ3n) is 7.68. The molecule has 0 saturated heterocycles. The largest absolute Gasteiger partial charge is 0.305 e. The first-order valence-electron chi connectivity index (χ1n) is 11.4. The molecule has 0 N–H and O–H groups in total. The van der Waals surface area contributed by atoms with Gasteiger partial charge in [-0.2, -0.15) is 0 Å². The van der Waals surface area contributed by atoms with Crippen molar-refractivity contribution in [3.05, 3.63) is 96.6 Å². The summed E-state index contributed by atoms with van der Waals surface area (Å²) >= 11 is 0. The Morgan fingerprint density at radius 3 is 1.24 bits per heavy atom. The quantitative estimate of drug-likeness (QED) is 0.224. The van der Waals surface area contributed by atoms with Gasteiger partial charge in [-0.3, -0.25) is 0 Å². The summed E-state index contributed by atoms with van der Waals surface area (Å²) in [6.07, 6.45) is 0. The van der Waals surface area contributed by atoms with Crippen LogP contribution in [-0.4, -0.2) is 8.80 Å². The molecule has 0 aliphatic rings. The van der Waals surface area contributed by atoms with Gasteiger partial charge in [0.2, 0.25) is 0 Å². The van der Waals surface area contributed by atoms with Crippen molar-refractivity contribution in [3.8, 4) is 0 Å². The van der Waals surface area contributed by atoms with Crippen LogP contribution in [0.1, 0.15) is 0 Å². The zero-order chi connectivity index (χ0) is 22.3. The Bertz CT molecular complexity index is 2140. The van der Waals surface area contributed by atoms with Gasteiger partial charge in [-0.1, -0.05) is 60.7 Å². The standard InChI is InChI=1S/C30H14F2N2/c31-19-11-6-10-18-26-24-16-8-2-4-14-22(16)34-28-17(9-5-12-20(28)32)25(30(24)34)23-15-7-1-3-13-21(15)33(27(18)19)29(23)26/h1-14H. The number of hydrogen-bond donors (Lipinski definition) is 0. The van der Waals surface area contributed by atoms with E-state index >= 15 is 8.78 Å². The van der Waals surface area contributed by atoms with E-state index in [-0.39, 0.29) is 11.6 Å². The Morgan fingerprint density at radius 1 is 0.382 bits per heavy atom. The summed E-state index contributed by atoms with van der Waals surface area (Å²) in [6.45, 7) is 0. The molecule has 0 amide bonds. The maximum absolute atomic E-state index is 15.4. The molecule has 0 radical (unpaired) electrons. The summed E-state index contributed by atoms with van der Waals surface area (Å²) < 4.78 is 35.0. The van der Waals surface area contributed by atoms with Crippen molar-refractivity contribution in [3.63, 3.8) is 0 Å². The average Bonchev–Trinajstić information content (AvgIpc) is 3.57. The number of nitrogens with zero attached hydrogens (tertiary/aromatic N) is 2. The Labute approximate surface area is 190 Å². The van der Waals surface area contributed by atoms with E-state index in [1.54, 1.807) is 12.1 Å². The van der Waals surface area contributed by atoms with Crippen molar-refractivity contribution < 1.29 is 8.78 Å². The number of fused-ring (bicyclic) bond motifs is 14. The van der Waals surface area contributed by atoms with Crippen LogP contribution in [0.5, 0.6) is 0 Å². The van der Waals surface area contributed by atoms with Crippen LogP contribution >= 0.6 is 0 Å². The fraction of sp³-hybridized carbons (Fsp3) is 0. The molecular weight excluding hydrogens is 426 g/mol. The monoisotopic (exact) mass is 440 g/mol. The molecule has 0 atom stereocenters. The molecule has 0 aliphatic carbocycles. The lowest BCUT2D eigenvalue weighted by atomic mass is 9.97. The minimum absolute atomic E-state index is 0.238. The lowest BCUT2D eigenvalue weighted by Gasteiger charge is -2.02. The van der Waals surface area contributed by atoms with Gasteiger partial charge in [0.05, 0.1) is 33.1 Å². The van der Waals surface area contributed by atoms with E-state index in [4.69, 9.17) is 0 Å². The van der Waals surface area contributed by atoms with E-state index < -0.39 is 0 Å². The van der Waals surface area contributed by atoms with Gasteiger partial charge in [-0.15, -0.1) is 0 Å². The molecule has 0 spiro atoms. The lowest BCUT2D eigenvalue weighted by Crippen LogP contribution is -1.84. The zero-order valence-electron chi connectivity index (χ0n) is 17.7. The molecule has 4 aromatic heterocycles. The molecule has 9 rings (SSSR count). The SMILES string of the molecule is Fc1cccc2c3c4c5ccccc5n5c6c(F)cccc6c(c6c7ccccc7n(c12)c63)c45. The lowest BCUT2D eigenvalue weighted by molar-refractivity contribution is 0.636. The third-order valence-corrected chi connectivity index (χ3v) is 7.68. The highest BCUT2D eigenvalue weighted by molar-refractivity contribution is 6.45. The second-order valence-electron chi connectivity index (χ2n) is 9.17. The zero-order valence-corrected chi connectivity index (χ0v) is 17.7. The second kappa shape index (κ2) is 5.37. The first kappa shape index (κ1) is 17.1. The van der Waals surface area contributed by atoms with Gasteiger partial charge in [0.25, 0.3) is 0 Å². The summed E-state index contributed by atoms with van der Waals surface area (Å²) in [6, 6.07) is 26.9. The third kappa shape index (κ3) is 1.62. The first-order chi connectivity index (χ1) is 16.8. The van der Waals surface area contributed by atoms with Crippen LogP contribution in [0.4, 0.5) is 8.78 Å². The highest BCUT2D eigenvalue weighted by atomic mass is 19.1. The molecule has 0 unspecified atom stereocenters. The number of para-hydroxylation sites is 4. The molecule has 4 heteroatoms. The van der Waals surface area contributed by atoms with E-state index in [0.29, 0.717) is 11.0 Å². The normalized spacial score (nSPS) is 13.0. The fourth-order valence-corrected chi connectivity index (χ4v) is 6.57. The molecule has 158 valence electrons. The van der Waals surface area contributed by atoms with Gasteiger partial charge in [-0.05, 0) is 24.3 Å². The Morgan fingerprint density at radius 2 is 0.765 bits per heavy atom. The number of hydrogen-bond acceptors (Lipinski definition) is 0. The molecule has 5 aromatic carbocycles. The van der Waals surface area contributed by atoms with Crippen LogP contribution in [0.15, 0.2) is 84.9 Å². The van der Waals surface area contributed by atoms with E-state index in [9.17, 15) is 0 Å². The average molecular weight is 440 g/mol. The van der Waals surface area contributed by atoms with Crippen LogP contribution in [0.2, 0.25) is 0 Å². The molecule has 0 aliphatic heterocycles. The minimum atomic E-state index is -0.238. The predicted octanol–water partition coefficient (Wildman–Crippen LogP) is 8.27. The smallest absolute Gasteiger partial charge is 0.147 e. The number of aromatic nitrogens is 2. The van der Waals surface area contributed by atoms with Crippen molar-refractivity contribution >= 4 is 76.2 Å². The van der Waals surface area contributed by atoms with Crippen LogP contribution in [-0.2, 0) is 0 Å². The van der Waals surface area contributed by atoms with Crippen LogP contribution in [0, 0.1) is 11.6 Å².